The molecular weight excluding hydrogens is 586 g/mol. The number of hydrogen-bond donors (Lipinski definition) is 4. The van der Waals surface area contributed by atoms with Crippen molar-refractivity contribution in [1.29, 1.82) is 0 Å². The van der Waals surface area contributed by atoms with E-state index in [9.17, 15) is 15.0 Å². The van der Waals surface area contributed by atoms with Crippen LogP contribution in [0.25, 0.3) is 10.9 Å². The number of H-pyrrole nitrogens is 1. The zero-order chi connectivity index (χ0) is 30.0. The Labute approximate surface area is 252 Å². The van der Waals surface area contributed by atoms with Gasteiger partial charge in [0.2, 0.25) is 5.52 Å². The molecule has 43 heavy (non-hydrogen) atoms. The van der Waals surface area contributed by atoms with E-state index >= 15 is 0 Å². The number of benzene rings is 3. The highest BCUT2D eigenvalue weighted by Crippen LogP contribution is 2.49. The van der Waals surface area contributed by atoms with Crippen molar-refractivity contribution in [3.63, 3.8) is 0 Å². The third-order valence-electron chi connectivity index (χ3n) is 6.83. The van der Waals surface area contributed by atoms with E-state index in [0.29, 0.717) is 18.9 Å². The number of fused-ring (bicyclic) bond motifs is 1. The van der Waals surface area contributed by atoms with Crippen LogP contribution in [0.3, 0.4) is 0 Å². The largest absolute Gasteiger partial charge is 0.396 e. The molecular formula is C32H34N2O7P2. The molecule has 9 nitrogen and oxygen atoms in total. The van der Waals surface area contributed by atoms with Gasteiger partial charge in [0.25, 0.3) is 0 Å². The lowest BCUT2D eigenvalue weighted by Crippen LogP contribution is -2.04. The second kappa shape index (κ2) is 15.5. The summed E-state index contributed by atoms with van der Waals surface area (Å²) in [5.41, 5.74) is 3.44. The van der Waals surface area contributed by atoms with Crippen LogP contribution in [-0.2, 0) is 26.8 Å². The summed E-state index contributed by atoms with van der Waals surface area (Å²) < 4.78 is 19.0. The lowest BCUT2D eigenvalue weighted by Gasteiger charge is -2.17. The average Bonchev–Trinajstić information content (AvgIpc) is 3.43. The van der Waals surface area contributed by atoms with Crippen molar-refractivity contribution in [2.45, 2.75) is 31.4 Å². The van der Waals surface area contributed by atoms with Crippen LogP contribution in [0.1, 0.15) is 27.6 Å². The van der Waals surface area contributed by atoms with Crippen LogP contribution < -0.4 is 0 Å². The summed E-state index contributed by atoms with van der Waals surface area (Å²) in [5, 5.41) is 30.2. The Morgan fingerprint density at radius 3 is 2.09 bits per heavy atom. The molecule has 0 saturated heterocycles. The Kier molecular flexibility index (Phi) is 11.2. The highest BCUT2D eigenvalue weighted by atomic mass is 31.2. The van der Waals surface area contributed by atoms with Crippen LogP contribution in [0.15, 0.2) is 116 Å². The molecule has 3 aromatic carbocycles. The van der Waals surface area contributed by atoms with E-state index in [0.717, 1.165) is 22.0 Å². The van der Waals surface area contributed by atoms with Crippen molar-refractivity contribution in [3.8, 4) is 0 Å². The van der Waals surface area contributed by atoms with Gasteiger partial charge < -0.3 is 38.4 Å². The summed E-state index contributed by atoms with van der Waals surface area (Å²) in [6.45, 7) is 0.633. The number of nitrogens with one attached hydrogen (secondary N) is 1. The molecule has 5 aromatic rings. The third-order valence-corrected chi connectivity index (χ3v) is 8.99. The molecule has 1 aliphatic carbocycles. The monoisotopic (exact) mass is 620 g/mol. The Hall–Kier alpha value is -3.23. The molecule has 5 atom stereocenters. The van der Waals surface area contributed by atoms with Crippen LogP contribution in [0, 0.1) is 5.92 Å². The molecule has 0 amide bonds. The number of nitrogens with zero attached hydrogens (tertiary/aromatic N) is 1. The smallest absolute Gasteiger partial charge is 0.333 e. The second-order valence-corrected chi connectivity index (χ2v) is 12.3. The minimum absolute atomic E-state index is 0.0738. The highest BCUT2D eigenvalue weighted by molar-refractivity contribution is 7.58. The third kappa shape index (κ3) is 8.67. The molecule has 6 rings (SSSR count). The van der Waals surface area contributed by atoms with E-state index in [1.165, 1.54) is 0 Å². The molecule has 4 N–H and O–H groups in total. The SMILES string of the molecule is O=C(PC(O)n1ccc2ccccc21)c1ccc[nH]1.OCC1C(O)C1OP(OCc1ccccc1)OCc1ccccc1. The Bertz CT molecular complexity index is 1510. The van der Waals surface area contributed by atoms with Crippen molar-refractivity contribution in [1.82, 2.24) is 9.55 Å². The van der Waals surface area contributed by atoms with Gasteiger partial charge in [-0.05, 0) is 40.8 Å². The van der Waals surface area contributed by atoms with Crippen molar-refractivity contribution in [3.05, 3.63) is 132 Å². The standard InChI is InChI=1S/C18H21O5P.C14H13N2O2P/c19-11-16-17(20)18(16)23-24(21-12-14-7-3-1-4-8-14)22-13-15-9-5-2-6-10-15;17-13(11-5-3-8-15-11)19-14(18)16-9-7-10-4-1-2-6-12(10)16/h1-10,16-20H,11-13H2;1-9,14-15,18-19H. The van der Waals surface area contributed by atoms with Gasteiger partial charge in [0.15, 0.2) is 5.97 Å². The molecule has 1 fully saturated rings. The maximum absolute atomic E-state index is 12.0. The first kappa shape index (κ1) is 31.2. The molecule has 0 bridgehead atoms. The van der Waals surface area contributed by atoms with Gasteiger partial charge in [0, 0.05) is 26.9 Å². The van der Waals surface area contributed by atoms with Crippen LogP contribution in [-0.4, -0.2) is 49.2 Å². The number of aromatic nitrogens is 2. The summed E-state index contributed by atoms with van der Waals surface area (Å²) >= 11 is 0. The molecule has 2 heterocycles. The fourth-order valence-electron chi connectivity index (χ4n) is 4.33. The van der Waals surface area contributed by atoms with Gasteiger partial charge in [0.1, 0.15) is 6.10 Å². The van der Waals surface area contributed by atoms with Gasteiger partial charge in [0.05, 0.1) is 37.1 Å². The zero-order valence-electron chi connectivity index (χ0n) is 23.3. The predicted molar refractivity (Wildman–Crippen MR) is 167 cm³/mol. The average molecular weight is 621 g/mol. The van der Waals surface area contributed by atoms with Crippen LogP contribution in [0.5, 0.6) is 0 Å². The van der Waals surface area contributed by atoms with Crippen molar-refractivity contribution >= 4 is 33.6 Å². The summed E-state index contributed by atoms with van der Waals surface area (Å²) in [7, 11) is -1.83. The highest BCUT2D eigenvalue weighted by Gasteiger charge is 2.52. The number of rotatable bonds is 13. The molecule has 224 valence electrons. The van der Waals surface area contributed by atoms with Crippen LogP contribution in [0.4, 0.5) is 0 Å². The quantitative estimate of drug-likeness (QED) is 0.120. The fourth-order valence-corrected chi connectivity index (χ4v) is 6.43. The van der Waals surface area contributed by atoms with Crippen molar-refractivity contribution in [2.24, 2.45) is 5.92 Å². The van der Waals surface area contributed by atoms with E-state index < -0.39 is 26.8 Å². The molecule has 5 unspecified atom stereocenters. The van der Waals surface area contributed by atoms with Gasteiger partial charge in [-0.15, -0.1) is 0 Å². The van der Waals surface area contributed by atoms with Crippen LogP contribution in [0.2, 0.25) is 0 Å². The molecule has 1 aliphatic rings. The minimum atomic E-state index is -1.62. The number of aromatic amines is 1. The molecule has 0 radical (unpaired) electrons. The van der Waals surface area contributed by atoms with Crippen molar-refractivity contribution < 1.29 is 33.7 Å². The normalized spacial score (nSPS) is 18.6. The number of para-hydroxylation sites is 1. The first-order valence-electron chi connectivity index (χ1n) is 13.8. The summed E-state index contributed by atoms with van der Waals surface area (Å²) in [6.07, 6.45) is 2.44. The first-order valence-corrected chi connectivity index (χ1v) is 16.0. The number of aliphatic hydroxyl groups excluding tert-OH is 3. The Morgan fingerprint density at radius 1 is 0.884 bits per heavy atom. The number of carbonyl (C=O) groups is 1. The molecule has 0 spiro atoms. The van der Waals surface area contributed by atoms with E-state index in [1.807, 2.05) is 97.2 Å². The number of carbonyl (C=O) groups excluding carboxylic acids is 1. The lowest BCUT2D eigenvalue weighted by molar-refractivity contribution is 0.106. The Morgan fingerprint density at radius 2 is 1.51 bits per heavy atom. The predicted octanol–water partition coefficient (Wildman–Crippen LogP) is 5.95. The van der Waals surface area contributed by atoms with E-state index in [1.54, 1.807) is 22.9 Å². The van der Waals surface area contributed by atoms with Gasteiger partial charge >= 0.3 is 8.60 Å². The topological polar surface area (TPSA) is 126 Å². The first-order chi connectivity index (χ1) is 21.0. The summed E-state index contributed by atoms with van der Waals surface area (Å²) in [6, 6.07) is 32.7. The Balaban J connectivity index is 0.000000176. The lowest BCUT2D eigenvalue weighted by atomic mass is 10.2. The zero-order valence-corrected chi connectivity index (χ0v) is 25.2. The molecule has 11 heteroatoms. The molecule has 0 aliphatic heterocycles. The van der Waals surface area contributed by atoms with Gasteiger partial charge in [-0.1, -0.05) is 78.9 Å². The van der Waals surface area contributed by atoms with Gasteiger partial charge in [-0.2, -0.15) is 0 Å². The maximum Gasteiger partial charge on any atom is 0.333 e. The minimum Gasteiger partial charge on any atom is -0.396 e. The van der Waals surface area contributed by atoms with E-state index in [4.69, 9.17) is 18.7 Å². The summed E-state index contributed by atoms with van der Waals surface area (Å²) in [4.78, 5) is 14.8. The summed E-state index contributed by atoms with van der Waals surface area (Å²) in [5.74, 6) is -1.08. The van der Waals surface area contributed by atoms with Crippen LogP contribution >= 0.6 is 17.2 Å². The van der Waals surface area contributed by atoms with Crippen molar-refractivity contribution in [2.75, 3.05) is 6.61 Å². The maximum atomic E-state index is 12.0. The van der Waals surface area contributed by atoms with Gasteiger partial charge in [-0.25, -0.2) is 0 Å². The number of aliphatic hydroxyl groups is 3. The van der Waals surface area contributed by atoms with E-state index in [2.05, 4.69) is 4.98 Å². The van der Waals surface area contributed by atoms with E-state index in [-0.39, 0.29) is 26.6 Å². The second-order valence-electron chi connectivity index (χ2n) is 9.86. The molecule has 1 saturated carbocycles. The van der Waals surface area contributed by atoms with Gasteiger partial charge in [-0.3, -0.25) is 4.79 Å². The fraction of sp³-hybridized carbons (Fsp3) is 0.219. The molecule has 2 aromatic heterocycles. The number of hydrogen-bond acceptors (Lipinski definition) is 7.